The number of carbonyl (C=O) groups excluding carboxylic acids is 1. The maximum Gasteiger partial charge on any atom is 0.233 e. The maximum atomic E-state index is 11.8. The summed E-state index contributed by atoms with van der Waals surface area (Å²) in [5.74, 6) is 1.57. The first kappa shape index (κ1) is 29.0. The third-order valence-electron chi connectivity index (χ3n) is 8.54. The minimum absolute atomic E-state index is 0.101. The zero-order chi connectivity index (χ0) is 27.3. The lowest BCUT2D eigenvalue weighted by Crippen LogP contribution is -2.40. The van der Waals surface area contributed by atoms with Crippen molar-refractivity contribution in [2.45, 2.75) is 86.0 Å². The quantitative estimate of drug-likeness (QED) is 0.323. The number of amides is 1. The summed E-state index contributed by atoms with van der Waals surface area (Å²) in [6.45, 7) is 22.7. The van der Waals surface area contributed by atoms with Gasteiger partial charge in [0.2, 0.25) is 5.91 Å². The molecule has 0 unspecified atom stereocenters. The monoisotopic (exact) mass is 503 g/mol. The molecule has 0 saturated carbocycles. The Labute approximate surface area is 225 Å². The SMILES string of the molecule is C=C(CC)/C(C)=C(\C=C(\C)[C@H](C)CC)c1[nH]c2ccc(C3CCN(CC(=O)NC)CC3)cc2c1C(C)C. The number of likely N-dealkylation sites (tertiary alicyclic amines) is 1. The van der Waals surface area contributed by atoms with Crippen LogP contribution in [0.1, 0.15) is 103 Å². The summed E-state index contributed by atoms with van der Waals surface area (Å²) in [6.07, 6.45) is 6.68. The van der Waals surface area contributed by atoms with Gasteiger partial charge in [0.25, 0.3) is 0 Å². The van der Waals surface area contributed by atoms with Crippen LogP contribution in [0, 0.1) is 5.92 Å². The second kappa shape index (κ2) is 12.8. The van der Waals surface area contributed by atoms with Crippen LogP contribution in [-0.2, 0) is 4.79 Å². The van der Waals surface area contributed by atoms with Gasteiger partial charge < -0.3 is 10.3 Å². The molecule has 0 bridgehead atoms. The fraction of sp³-hybridized carbons (Fsp3) is 0.545. The molecular weight excluding hydrogens is 454 g/mol. The Balaban J connectivity index is 2.05. The van der Waals surface area contributed by atoms with Crippen molar-refractivity contribution in [3.63, 3.8) is 0 Å². The van der Waals surface area contributed by atoms with Crippen LogP contribution in [0.15, 0.2) is 47.6 Å². The number of rotatable bonds is 10. The molecule has 0 spiro atoms. The minimum Gasteiger partial charge on any atom is -0.358 e. The number of benzene rings is 1. The third-order valence-corrected chi connectivity index (χ3v) is 8.54. The van der Waals surface area contributed by atoms with E-state index in [9.17, 15) is 4.79 Å². The van der Waals surface area contributed by atoms with Gasteiger partial charge in [-0.25, -0.2) is 0 Å². The Hall–Kier alpha value is -2.59. The Kier molecular flexibility index (Phi) is 10.0. The molecule has 1 aromatic heterocycles. The summed E-state index contributed by atoms with van der Waals surface area (Å²) in [5.41, 5.74) is 10.5. The standard InChI is InChI=1S/C33H49N3O/c1-10-22(5)24(7)18-28(25(8)23(6)11-2)33-32(21(3)4)29-19-27(12-13-30(29)35-33)26-14-16-36(17-15-26)20-31(37)34-9/h12-13,18-19,21-22,26,35H,6,10-11,14-17,20H2,1-5,7-9H3,(H,34,37)/b24-18-,28-25+/t22-/m1/s1. The normalized spacial score (nSPS) is 17.3. The number of piperidine rings is 1. The largest absolute Gasteiger partial charge is 0.358 e. The number of aromatic nitrogens is 1. The molecule has 1 aromatic carbocycles. The molecule has 1 atom stereocenters. The van der Waals surface area contributed by atoms with Crippen LogP contribution in [0.2, 0.25) is 0 Å². The molecule has 1 amide bonds. The van der Waals surface area contributed by atoms with Crippen molar-refractivity contribution in [3.05, 3.63) is 64.4 Å². The smallest absolute Gasteiger partial charge is 0.233 e. The summed E-state index contributed by atoms with van der Waals surface area (Å²) in [7, 11) is 1.71. The molecule has 37 heavy (non-hydrogen) atoms. The van der Waals surface area contributed by atoms with E-state index >= 15 is 0 Å². The van der Waals surface area contributed by atoms with Crippen LogP contribution in [0.3, 0.4) is 0 Å². The number of H-pyrrole nitrogens is 1. The van der Waals surface area contributed by atoms with E-state index in [0.717, 1.165) is 38.8 Å². The molecule has 4 heteroatoms. The number of hydrogen-bond donors (Lipinski definition) is 2. The first-order chi connectivity index (χ1) is 17.6. The van der Waals surface area contributed by atoms with Crippen molar-refractivity contribution in [2.75, 3.05) is 26.7 Å². The molecule has 2 heterocycles. The van der Waals surface area contributed by atoms with Crippen LogP contribution in [-0.4, -0.2) is 42.5 Å². The van der Waals surface area contributed by atoms with Gasteiger partial charge in [0.15, 0.2) is 0 Å². The number of carbonyl (C=O) groups is 1. The number of nitrogens with zero attached hydrogens (tertiary/aromatic N) is 1. The van der Waals surface area contributed by atoms with Crippen LogP contribution < -0.4 is 5.32 Å². The predicted molar refractivity (Wildman–Crippen MR) is 160 cm³/mol. The number of aromatic amines is 1. The average Bonchev–Trinajstić information content (AvgIpc) is 3.29. The molecule has 4 nitrogen and oxygen atoms in total. The first-order valence-electron chi connectivity index (χ1n) is 14.3. The van der Waals surface area contributed by atoms with Gasteiger partial charge in [-0.2, -0.15) is 0 Å². The van der Waals surface area contributed by atoms with E-state index < -0.39 is 0 Å². The molecule has 3 rings (SSSR count). The summed E-state index contributed by atoms with van der Waals surface area (Å²) in [6, 6.07) is 7.04. The molecule has 0 aliphatic carbocycles. The maximum absolute atomic E-state index is 11.8. The Bertz CT molecular complexity index is 1170. The van der Waals surface area contributed by atoms with E-state index in [-0.39, 0.29) is 5.91 Å². The molecular formula is C33H49N3O. The number of fused-ring (bicyclic) bond motifs is 1. The van der Waals surface area contributed by atoms with Crippen molar-refractivity contribution in [2.24, 2.45) is 5.92 Å². The van der Waals surface area contributed by atoms with Crippen molar-refractivity contribution in [1.29, 1.82) is 0 Å². The predicted octanol–water partition coefficient (Wildman–Crippen LogP) is 7.95. The first-order valence-corrected chi connectivity index (χ1v) is 14.3. The topological polar surface area (TPSA) is 48.1 Å². The highest BCUT2D eigenvalue weighted by atomic mass is 16.1. The molecule has 1 fully saturated rings. The van der Waals surface area contributed by atoms with Gasteiger partial charge in [-0.05, 0) is 99.2 Å². The highest BCUT2D eigenvalue weighted by Crippen LogP contribution is 2.39. The lowest BCUT2D eigenvalue weighted by Gasteiger charge is -2.31. The van der Waals surface area contributed by atoms with Gasteiger partial charge in [-0.15, -0.1) is 0 Å². The van der Waals surface area contributed by atoms with E-state index in [1.165, 1.54) is 50.0 Å². The molecule has 2 aromatic rings. The zero-order valence-electron chi connectivity index (χ0n) is 24.6. The Morgan fingerprint density at radius 1 is 1.19 bits per heavy atom. The van der Waals surface area contributed by atoms with Crippen molar-refractivity contribution >= 4 is 22.4 Å². The molecule has 0 radical (unpaired) electrons. The van der Waals surface area contributed by atoms with E-state index in [1.54, 1.807) is 7.05 Å². The average molecular weight is 504 g/mol. The molecule has 2 N–H and O–H groups in total. The van der Waals surface area contributed by atoms with Gasteiger partial charge >= 0.3 is 0 Å². The lowest BCUT2D eigenvalue weighted by atomic mass is 9.86. The van der Waals surface area contributed by atoms with Gasteiger partial charge in [-0.3, -0.25) is 9.69 Å². The van der Waals surface area contributed by atoms with Gasteiger partial charge in [0, 0.05) is 23.5 Å². The van der Waals surface area contributed by atoms with Crippen LogP contribution in [0.4, 0.5) is 0 Å². The fourth-order valence-electron chi connectivity index (χ4n) is 5.52. The van der Waals surface area contributed by atoms with Crippen molar-refractivity contribution in [1.82, 2.24) is 15.2 Å². The molecule has 1 saturated heterocycles. The Morgan fingerprint density at radius 2 is 1.86 bits per heavy atom. The highest BCUT2D eigenvalue weighted by molar-refractivity contribution is 5.93. The number of hydrogen-bond acceptors (Lipinski definition) is 2. The fourth-order valence-corrected chi connectivity index (χ4v) is 5.52. The van der Waals surface area contributed by atoms with E-state index in [0.29, 0.717) is 24.3 Å². The lowest BCUT2D eigenvalue weighted by molar-refractivity contribution is -0.122. The van der Waals surface area contributed by atoms with Crippen molar-refractivity contribution in [3.8, 4) is 0 Å². The zero-order valence-corrected chi connectivity index (χ0v) is 24.6. The molecule has 1 aliphatic rings. The number of likely N-dealkylation sites (N-methyl/N-ethyl adjacent to an activating group) is 1. The number of nitrogens with one attached hydrogen (secondary N) is 2. The van der Waals surface area contributed by atoms with Crippen LogP contribution >= 0.6 is 0 Å². The Morgan fingerprint density at radius 3 is 2.43 bits per heavy atom. The van der Waals surface area contributed by atoms with E-state index in [2.05, 4.69) is 94.5 Å². The second-order valence-electron chi connectivity index (χ2n) is 11.3. The van der Waals surface area contributed by atoms with Gasteiger partial charge in [0.05, 0.1) is 12.2 Å². The number of allylic oxidation sites excluding steroid dienone is 5. The van der Waals surface area contributed by atoms with Gasteiger partial charge in [-0.1, -0.05) is 64.5 Å². The highest BCUT2D eigenvalue weighted by Gasteiger charge is 2.24. The molecule has 202 valence electrons. The third kappa shape index (κ3) is 6.65. The second-order valence-corrected chi connectivity index (χ2v) is 11.3. The minimum atomic E-state index is 0.101. The van der Waals surface area contributed by atoms with Crippen molar-refractivity contribution < 1.29 is 4.79 Å². The summed E-state index contributed by atoms with van der Waals surface area (Å²) in [5, 5.41) is 4.09. The van der Waals surface area contributed by atoms with Crippen LogP contribution in [0.5, 0.6) is 0 Å². The van der Waals surface area contributed by atoms with E-state index in [1.807, 2.05) is 0 Å². The molecule has 1 aliphatic heterocycles. The van der Waals surface area contributed by atoms with Gasteiger partial charge in [0.1, 0.15) is 0 Å². The van der Waals surface area contributed by atoms with E-state index in [4.69, 9.17) is 0 Å². The summed E-state index contributed by atoms with van der Waals surface area (Å²) < 4.78 is 0. The summed E-state index contributed by atoms with van der Waals surface area (Å²) in [4.78, 5) is 17.9. The van der Waals surface area contributed by atoms with Crippen LogP contribution in [0.25, 0.3) is 16.5 Å². The summed E-state index contributed by atoms with van der Waals surface area (Å²) >= 11 is 0.